The number of hydrogen-bond acceptors (Lipinski definition) is 7. The monoisotopic (exact) mass is 850 g/mol. The van der Waals surface area contributed by atoms with Crippen molar-refractivity contribution in [2.24, 2.45) is 0 Å². The lowest BCUT2D eigenvalue weighted by atomic mass is 9.77. The zero-order valence-electron chi connectivity index (χ0n) is 37.1. The van der Waals surface area contributed by atoms with Gasteiger partial charge in [-0.1, -0.05) is 109 Å². The highest BCUT2D eigenvalue weighted by molar-refractivity contribution is 6.05. The molecule has 0 unspecified atom stereocenters. The summed E-state index contributed by atoms with van der Waals surface area (Å²) in [5.74, 6) is 3.32. The lowest BCUT2D eigenvalue weighted by Crippen LogP contribution is -2.38. The third-order valence-electron chi connectivity index (χ3n) is 11.9. The van der Waals surface area contributed by atoms with Gasteiger partial charge < -0.3 is 18.9 Å². The molecule has 64 heavy (non-hydrogen) atoms. The number of terminal acetylenes is 1. The van der Waals surface area contributed by atoms with Crippen LogP contribution in [0.1, 0.15) is 85.4 Å². The van der Waals surface area contributed by atoms with Gasteiger partial charge in [-0.3, -0.25) is 4.68 Å². The average molecular weight is 851 g/mol. The Morgan fingerprint density at radius 1 is 0.797 bits per heavy atom. The fraction of sp³-hybridized carbons (Fsp3) is 0.255. The zero-order chi connectivity index (χ0) is 44.6. The normalized spacial score (nSPS) is 13.5. The van der Waals surface area contributed by atoms with E-state index in [-0.39, 0.29) is 37.1 Å². The van der Waals surface area contributed by atoms with Gasteiger partial charge in [0.05, 0.1) is 17.0 Å². The third kappa shape index (κ3) is 8.06. The number of benzene rings is 6. The lowest BCUT2D eigenvalue weighted by Gasteiger charge is -2.36. The van der Waals surface area contributed by atoms with Crippen LogP contribution in [0.15, 0.2) is 134 Å². The second-order valence-electron chi connectivity index (χ2n) is 17.5. The number of rotatable bonds is 14. The molecule has 9 heteroatoms. The number of aromatic nitrogens is 4. The molecule has 1 aliphatic rings. The van der Waals surface area contributed by atoms with Crippen LogP contribution in [0.3, 0.4) is 0 Å². The zero-order valence-corrected chi connectivity index (χ0v) is 37.1. The van der Waals surface area contributed by atoms with Gasteiger partial charge >= 0.3 is 6.01 Å². The van der Waals surface area contributed by atoms with Crippen molar-refractivity contribution in [3.8, 4) is 41.1 Å². The van der Waals surface area contributed by atoms with Crippen molar-refractivity contribution in [2.75, 3.05) is 13.7 Å². The van der Waals surface area contributed by atoms with Crippen molar-refractivity contribution in [1.82, 2.24) is 19.7 Å². The number of halogens is 1. The molecule has 1 saturated carbocycles. The molecule has 1 atom stereocenters. The predicted octanol–water partition coefficient (Wildman–Crippen LogP) is 12.0. The van der Waals surface area contributed by atoms with Crippen LogP contribution in [0.2, 0.25) is 0 Å². The quantitative estimate of drug-likeness (QED) is 0.0796. The molecule has 0 amide bonds. The molecule has 322 valence electrons. The fourth-order valence-electron chi connectivity index (χ4n) is 8.53. The van der Waals surface area contributed by atoms with Crippen molar-refractivity contribution >= 4 is 21.8 Å². The highest BCUT2D eigenvalue weighted by Crippen LogP contribution is 2.54. The number of nitrogens with zero attached hydrogens (tertiary/aromatic N) is 4. The minimum Gasteiger partial charge on any atom is -0.486 e. The molecule has 1 aliphatic carbocycles. The Morgan fingerprint density at radius 2 is 1.41 bits per heavy atom. The first-order chi connectivity index (χ1) is 31.0. The van der Waals surface area contributed by atoms with E-state index in [1.807, 2.05) is 118 Å². The molecule has 0 bridgehead atoms. The molecular weight excluding hydrogens is 800 g/mol. The van der Waals surface area contributed by atoms with E-state index in [4.69, 9.17) is 40.4 Å². The lowest BCUT2D eigenvalue weighted by molar-refractivity contribution is 0.0668. The SMILES string of the molecule is C#Cc1ccc(COc2c(-c3c(C)c(F)cc4nn(C(c5ccccc5)(c5ccccc5)c5ccccc5)cc34)c(C3CC3)cc3c(OC(C)(C)C)nc(OC[C@H](C)OC)nc23)cc1. The second-order valence-corrected chi connectivity index (χ2v) is 17.5. The van der Waals surface area contributed by atoms with Crippen LogP contribution in [0.25, 0.3) is 32.9 Å². The standard InChI is InChI=1S/C55H51FN4O4/c1-8-37-24-26-38(27-25-37)34-62-51-49(43(39-28-29-39)30-44-50(51)57-53(63-33-35(2)61-7)58-52(44)64-54(4,5)6)48-36(3)46(56)31-47-45(48)32-60(59-47)55(40-18-12-9-13-19-40,41-20-14-10-15-21-41)42-22-16-11-17-23-42/h1,9-27,30-32,35,39H,28-29,33-34H2,2-7H3/t35-/m0/s1. The molecule has 8 nitrogen and oxygen atoms in total. The Kier molecular flexibility index (Phi) is 11.4. The van der Waals surface area contributed by atoms with E-state index in [1.165, 1.54) is 0 Å². The van der Waals surface area contributed by atoms with Crippen LogP contribution in [0.4, 0.5) is 4.39 Å². The number of ether oxygens (including phenoxy) is 4. The van der Waals surface area contributed by atoms with Crippen LogP contribution in [-0.2, 0) is 16.9 Å². The Morgan fingerprint density at radius 3 is 1.95 bits per heavy atom. The van der Waals surface area contributed by atoms with Gasteiger partial charge in [-0.15, -0.1) is 6.42 Å². The van der Waals surface area contributed by atoms with E-state index in [1.54, 1.807) is 13.2 Å². The summed E-state index contributed by atoms with van der Waals surface area (Å²) < 4.78 is 44.3. The maximum atomic E-state index is 16.9. The van der Waals surface area contributed by atoms with Crippen LogP contribution < -0.4 is 14.2 Å². The molecule has 2 heterocycles. The molecule has 0 saturated heterocycles. The van der Waals surface area contributed by atoms with E-state index >= 15 is 4.39 Å². The topological polar surface area (TPSA) is 80.5 Å². The fourth-order valence-corrected chi connectivity index (χ4v) is 8.53. The van der Waals surface area contributed by atoms with Gasteiger partial charge in [0.15, 0.2) is 5.75 Å². The summed E-state index contributed by atoms with van der Waals surface area (Å²) in [4.78, 5) is 9.91. The first kappa shape index (κ1) is 42.3. The van der Waals surface area contributed by atoms with Crippen LogP contribution >= 0.6 is 0 Å². The average Bonchev–Trinajstić information content (AvgIpc) is 4.08. The molecule has 8 aromatic rings. The summed E-state index contributed by atoms with van der Waals surface area (Å²) >= 11 is 0. The summed E-state index contributed by atoms with van der Waals surface area (Å²) in [5, 5.41) is 6.79. The predicted molar refractivity (Wildman–Crippen MR) is 251 cm³/mol. The van der Waals surface area contributed by atoms with E-state index in [9.17, 15) is 0 Å². The van der Waals surface area contributed by atoms with Gasteiger partial charge in [-0.25, -0.2) is 4.39 Å². The van der Waals surface area contributed by atoms with Crippen molar-refractivity contribution in [3.05, 3.63) is 178 Å². The highest BCUT2D eigenvalue weighted by Gasteiger charge is 2.41. The molecule has 9 rings (SSSR count). The third-order valence-corrected chi connectivity index (χ3v) is 11.9. The summed E-state index contributed by atoms with van der Waals surface area (Å²) in [6.45, 7) is 10.1. The molecule has 0 aliphatic heterocycles. The molecule has 0 radical (unpaired) electrons. The van der Waals surface area contributed by atoms with Gasteiger partial charge in [0.25, 0.3) is 0 Å². The van der Waals surface area contributed by atoms with Crippen molar-refractivity contribution < 1.29 is 23.3 Å². The maximum absolute atomic E-state index is 16.9. The summed E-state index contributed by atoms with van der Waals surface area (Å²) in [7, 11) is 1.63. The van der Waals surface area contributed by atoms with Crippen molar-refractivity contribution in [1.29, 1.82) is 0 Å². The highest BCUT2D eigenvalue weighted by atomic mass is 19.1. The van der Waals surface area contributed by atoms with Gasteiger partial charge in [0.1, 0.15) is 35.7 Å². The van der Waals surface area contributed by atoms with Crippen molar-refractivity contribution in [2.45, 2.75) is 77.2 Å². The van der Waals surface area contributed by atoms with Gasteiger partial charge in [-0.05, 0) is 105 Å². The molecule has 0 N–H and O–H groups in total. The van der Waals surface area contributed by atoms with Gasteiger partial charge in [-0.2, -0.15) is 15.1 Å². The second kappa shape index (κ2) is 17.3. The Balaban J connectivity index is 1.37. The minimum atomic E-state index is -0.935. The first-order valence-corrected chi connectivity index (χ1v) is 21.8. The van der Waals surface area contributed by atoms with E-state index in [0.717, 1.165) is 57.2 Å². The summed E-state index contributed by atoms with van der Waals surface area (Å²) in [5.41, 5.74) is 6.99. The smallest absolute Gasteiger partial charge is 0.320 e. The van der Waals surface area contributed by atoms with E-state index < -0.39 is 11.1 Å². The Labute approximate surface area is 374 Å². The summed E-state index contributed by atoms with van der Waals surface area (Å²) in [6, 6.07) is 42.5. The number of fused-ring (bicyclic) bond motifs is 2. The minimum absolute atomic E-state index is 0.108. The van der Waals surface area contributed by atoms with Crippen LogP contribution in [0.5, 0.6) is 17.6 Å². The Hall–Kier alpha value is -7.02. The van der Waals surface area contributed by atoms with Crippen LogP contribution in [0, 0.1) is 25.1 Å². The van der Waals surface area contributed by atoms with Gasteiger partial charge in [0.2, 0.25) is 5.88 Å². The largest absolute Gasteiger partial charge is 0.486 e. The van der Waals surface area contributed by atoms with E-state index in [2.05, 4.69) is 54.6 Å². The first-order valence-electron chi connectivity index (χ1n) is 21.8. The maximum Gasteiger partial charge on any atom is 0.320 e. The molecule has 6 aromatic carbocycles. The van der Waals surface area contributed by atoms with Crippen LogP contribution in [-0.4, -0.2) is 45.2 Å². The molecular formula is C55H51FN4O4. The molecule has 1 fully saturated rings. The van der Waals surface area contributed by atoms with Gasteiger partial charge in [0, 0.05) is 41.4 Å². The number of methoxy groups -OCH3 is 1. The van der Waals surface area contributed by atoms with Crippen molar-refractivity contribution in [3.63, 3.8) is 0 Å². The summed E-state index contributed by atoms with van der Waals surface area (Å²) in [6.07, 6.45) is 9.47. The molecule has 0 spiro atoms. The Bertz CT molecular complexity index is 2890. The van der Waals surface area contributed by atoms with E-state index in [0.29, 0.717) is 39.2 Å². The molecule has 2 aromatic heterocycles. The number of hydrogen-bond donors (Lipinski definition) is 0.